The lowest BCUT2D eigenvalue weighted by Gasteiger charge is -2.22. The van der Waals surface area contributed by atoms with E-state index >= 15 is 0 Å². The summed E-state index contributed by atoms with van der Waals surface area (Å²) in [6.07, 6.45) is -0.619. The van der Waals surface area contributed by atoms with E-state index in [1.807, 2.05) is 58.0 Å². The maximum Gasteiger partial charge on any atom is 0.314 e. The second kappa shape index (κ2) is 9.40. The number of amidine groups is 1. The molecule has 0 fully saturated rings. The first-order valence-electron chi connectivity index (χ1n) is 7.48. The van der Waals surface area contributed by atoms with E-state index in [2.05, 4.69) is 15.8 Å². The van der Waals surface area contributed by atoms with Crippen molar-refractivity contribution in [2.45, 2.75) is 39.3 Å². The van der Waals surface area contributed by atoms with Gasteiger partial charge in [-0.1, -0.05) is 18.2 Å². The number of hydroxylamine groups is 1. The van der Waals surface area contributed by atoms with Gasteiger partial charge < -0.3 is 15.2 Å². The molecule has 0 saturated heterocycles. The molecule has 0 aliphatic heterocycles. The van der Waals surface area contributed by atoms with Crippen LogP contribution in [0.2, 0.25) is 0 Å². The van der Waals surface area contributed by atoms with E-state index in [1.54, 1.807) is 0 Å². The second-order valence-corrected chi connectivity index (χ2v) is 5.88. The number of hydrogen-bond acceptors (Lipinski definition) is 5. The van der Waals surface area contributed by atoms with Gasteiger partial charge in [-0.25, -0.2) is 5.48 Å². The van der Waals surface area contributed by atoms with Crippen molar-refractivity contribution >= 4 is 11.7 Å². The lowest BCUT2D eigenvalue weighted by molar-refractivity contribution is -0.00290. The van der Waals surface area contributed by atoms with Gasteiger partial charge >= 0.3 is 6.02 Å². The SMILES string of the molecule is CCOC(=Nc1ccccc1)NOCC(O)CNC(C)(C)C. The Hall–Kier alpha value is -1.63. The Labute approximate surface area is 132 Å². The number of para-hydroxylation sites is 1. The third kappa shape index (κ3) is 8.61. The van der Waals surface area contributed by atoms with Gasteiger partial charge in [-0.15, -0.1) is 0 Å². The first-order chi connectivity index (χ1) is 10.4. The molecule has 0 radical (unpaired) electrons. The monoisotopic (exact) mass is 309 g/mol. The summed E-state index contributed by atoms with van der Waals surface area (Å²) in [6.45, 7) is 9.03. The Kier molecular flexibility index (Phi) is 7.87. The molecule has 0 spiro atoms. The van der Waals surface area contributed by atoms with Gasteiger partial charge in [0, 0.05) is 12.1 Å². The molecule has 6 nitrogen and oxygen atoms in total. The minimum Gasteiger partial charge on any atom is -0.464 e. The topological polar surface area (TPSA) is 75.1 Å². The molecule has 1 aromatic rings. The Bertz CT molecular complexity index is 444. The minimum absolute atomic E-state index is 0.0420. The van der Waals surface area contributed by atoms with Crippen LogP contribution in [0.4, 0.5) is 5.69 Å². The molecule has 0 aromatic heterocycles. The Morgan fingerprint density at radius 3 is 2.55 bits per heavy atom. The quantitative estimate of drug-likeness (QED) is 0.408. The number of aliphatic hydroxyl groups is 1. The molecule has 1 unspecified atom stereocenters. The van der Waals surface area contributed by atoms with Crippen LogP contribution < -0.4 is 10.8 Å². The van der Waals surface area contributed by atoms with E-state index in [-0.39, 0.29) is 18.2 Å². The fraction of sp³-hybridized carbons (Fsp3) is 0.562. The molecule has 1 atom stereocenters. The minimum atomic E-state index is -0.619. The van der Waals surface area contributed by atoms with Crippen LogP contribution in [0.25, 0.3) is 0 Å². The number of hydrogen-bond donors (Lipinski definition) is 3. The van der Waals surface area contributed by atoms with Gasteiger partial charge in [-0.2, -0.15) is 4.99 Å². The number of aliphatic hydroxyl groups excluding tert-OH is 1. The predicted octanol–water partition coefficient (Wildman–Crippen LogP) is 1.98. The number of nitrogens with zero attached hydrogens (tertiary/aromatic N) is 1. The summed E-state index contributed by atoms with van der Waals surface area (Å²) in [5.74, 6) is 0. The largest absolute Gasteiger partial charge is 0.464 e. The summed E-state index contributed by atoms with van der Waals surface area (Å²) in [6, 6.07) is 9.70. The molecule has 0 amide bonds. The van der Waals surface area contributed by atoms with Crippen LogP contribution in [0, 0.1) is 0 Å². The summed E-state index contributed by atoms with van der Waals surface area (Å²) in [5, 5.41) is 13.0. The van der Waals surface area contributed by atoms with Crippen molar-refractivity contribution in [2.24, 2.45) is 4.99 Å². The molecule has 3 N–H and O–H groups in total. The average Bonchev–Trinajstić information content (AvgIpc) is 2.46. The van der Waals surface area contributed by atoms with Crippen molar-refractivity contribution in [3.8, 4) is 0 Å². The van der Waals surface area contributed by atoms with Crippen LogP contribution in [0.5, 0.6) is 0 Å². The van der Waals surface area contributed by atoms with Crippen molar-refractivity contribution in [1.82, 2.24) is 10.8 Å². The van der Waals surface area contributed by atoms with Gasteiger partial charge in [-0.3, -0.25) is 4.84 Å². The molecule has 0 aliphatic rings. The Morgan fingerprint density at radius 1 is 1.27 bits per heavy atom. The van der Waals surface area contributed by atoms with E-state index in [0.29, 0.717) is 13.2 Å². The highest BCUT2D eigenvalue weighted by atomic mass is 16.7. The Balaban J connectivity index is 2.40. The van der Waals surface area contributed by atoms with Gasteiger partial charge in [-0.05, 0) is 39.8 Å². The highest BCUT2D eigenvalue weighted by molar-refractivity contribution is 5.75. The van der Waals surface area contributed by atoms with Gasteiger partial charge in [0.05, 0.1) is 18.4 Å². The summed E-state index contributed by atoms with van der Waals surface area (Å²) in [4.78, 5) is 9.54. The highest BCUT2D eigenvalue weighted by Crippen LogP contribution is 2.09. The smallest absolute Gasteiger partial charge is 0.314 e. The first kappa shape index (κ1) is 18.4. The molecule has 1 rings (SSSR count). The van der Waals surface area contributed by atoms with Gasteiger partial charge in [0.15, 0.2) is 0 Å². The molecule has 0 heterocycles. The van der Waals surface area contributed by atoms with Crippen molar-refractivity contribution in [2.75, 3.05) is 19.8 Å². The number of benzene rings is 1. The third-order valence-electron chi connectivity index (χ3n) is 2.57. The molecule has 0 aliphatic carbocycles. The molecule has 0 bridgehead atoms. The molecular weight excluding hydrogens is 282 g/mol. The number of rotatable bonds is 7. The van der Waals surface area contributed by atoms with Crippen LogP contribution in [-0.4, -0.2) is 42.5 Å². The lowest BCUT2D eigenvalue weighted by atomic mass is 10.1. The van der Waals surface area contributed by atoms with Crippen LogP contribution >= 0.6 is 0 Å². The van der Waals surface area contributed by atoms with Gasteiger partial charge in [0.1, 0.15) is 6.61 Å². The molecule has 124 valence electrons. The predicted molar refractivity (Wildman–Crippen MR) is 88.0 cm³/mol. The standard InChI is InChI=1S/C16H27N3O3/c1-5-21-15(18-13-9-7-6-8-10-13)19-22-12-14(20)11-17-16(2,3)4/h6-10,14,17,20H,5,11-12H2,1-4H3,(H,18,19). The van der Waals surface area contributed by atoms with E-state index < -0.39 is 6.10 Å². The zero-order valence-electron chi connectivity index (χ0n) is 13.8. The number of β-amino-alcohol motifs (C(OH)–C–C–N with tert-alkyl or cyclic N) is 1. The zero-order chi connectivity index (χ0) is 16.4. The van der Waals surface area contributed by atoms with Crippen LogP contribution in [-0.2, 0) is 9.57 Å². The zero-order valence-corrected chi connectivity index (χ0v) is 13.8. The lowest BCUT2D eigenvalue weighted by Crippen LogP contribution is -2.43. The fourth-order valence-electron chi connectivity index (χ4n) is 1.52. The summed E-state index contributed by atoms with van der Waals surface area (Å²) in [7, 11) is 0. The molecular formula is C16H27N3O3. The third-order valence-corrected chi connectivity index (χ3v) is 2.57. The van der Waals surface area contributed by atoms with E-state index in [4.69, 9.17) is 9.57 Å². The second-order valence-electron chi connectivity index (χ2n) is 5.88. The van der Waals surface area contributed by atoms with Gasteiger partial charge in [0.2, 0.25) is 0 Å². The molecule has 1 aromatic carbocycles. The Morgan fingerprint density at radius 2 is 1.95 bits per heavy atom. The summed E-state index contributed by atoms with van der Waals surface area (Å²) < 4.78 is 5.36. The van der Waals surface area contributed by atoms with Crippen molar-refractivity contribution in [3.63, 3.8) is 0 Å². The van der Waals surface area contributed by atoms with Crippen LogP contribution in [0.15, 0.2) is 35.3 Å². The number of aliphatic imine (C=N–C) groups is 1. The fourth-order valence-corrected chi connectivity index (χ4v) is 1.52. The highest BCUT2D eigenvalue weighted by Gasteiger charge is 2.12. The van der Waals surface area contributed by atoms with Crippen LogP contribution in [0.1, 0.15) is 27.7 Å². The van der Waals surface area contributed by atoms with Crippen molar-refractivity contribution in [1.29, 1.82) is 0 Å². The van der Waals surface area contributed by atoms with Crippen molar-refractivity contribution in [3.05, 3.63) is 30.3 Å². The first-order valence-corrected chi connectivity index (χ1v) is 7.48. The summed E-state index contributed by atoms with van der Waals surface area (Å²) in [5.41, 5.74) is 3.36. The van der Waals surface area contributed by atoms with Gasteiger partial charge in [0.25, 0.3) is 0 Å². The van der Waals surface area contributed by atoms with E-state index in [1.165, 1.54) is 0 Å². The van der Waals surface area contributed by atoms with E-state index in [9.17, 15) is 5.11 Å². The van der Waals surface area contributed by atoms with E-state index in [0.717, 1.165) is 5.69 Å². The van der Waals surface area contributed by atoms with Crippen LogP contribution in [0.3, 0.4) is 0 Å². The number of ether oxygens (including phenoxy) is 1. The maximum absolute atomic E-state index is 9.84. The molecule has 22 heavy (non-hydrogen) atoms. The normalized spacial score (nSPS) is 13.8. The maximum atomic E-state index is 9.84. The molecule has 0 saturated carbocycles. The number of nitrogens with one attached hydrogen (secondary N) is 2. The summed E-state index contributed by atoms with van der Waals surface area (Å²) >= 11 is 0. The molecule has 6 heteroatoms. The average molecular weight is 309 g/mol. The van der Waals surface area contributed by atoms with Crippen molar-refractivity contribution < 1.29 is 14.7 Å².